The smallest absolute Gasteiger partial charge is 0.411 e. The minimum absolute atomic E-state index is 0.287. The molecular formula is C18H17BrN2O5. The van der Waals surface area contributed by atoms with Gasteiger partial charge in [0.2, 0.25) is 0 Å². The zero-order valence-corrected chi connectivity index (χ0v) is 15.6. The number of amides is 2. The minimum Gasteiger partial charge on any atom is -0.486 e. The van der Waals surface area contributed by atoms with E-state index in [0.717, 1.165) is 0 Å². The molecule has 0 saturated heterocycles. The van der Waals surface area contributed by atoms with E-state index in [1.807, 2.05) is 0 Å². The largest absolute Gasteiger partial charge is 0.486 e. The molecule has 1 aliphatic heterocycles. The van der Waals surface area contributed by atoms with Crippen LogP contribution in [0.4, 0.5) is 16.2 Å². The SMILES string of the molecule is CCOC(=O)Nc1ccc(C(=O)Nc2cc3c(cc2Br)OCCO3)cc1. The van der Waals surface area contributed by atoms with Crippen LogP contribution in [0.5, 0.6) is 11.5 Å². The molecule has 3 rings (SSSR count). The zero-order valence-electron chi connectivity index (χ0n) is 14.0. The zero-order chi connectivity index (χ0) is 18.5. The Hall–Kier alpha value is -2.74. The van der Waals surface area contributed by atoms with Gasteiger partial charge in [0.15, 0.2) is 11.5 Å². The van der Waals surface area contributed by atoms with E-state index in [2.05, 4.69) is 26.6 Å². The van der Waals surface area contributed by atoms with Gasteiger partial charge in [0.25, 0.3) is 5.91 Å². The van der Waals surface area contributed by atoms with Gasteiger partial charge in [-0.25, -0.2) is 4.79 Å². The third-order valence-electron chi connectivity index (χ3n) is 3.55. The van der Waals surface area contributed by atoms with Gasteiger partial charge in [0, 0.05) is 27.9 Å². The van der Waals surface area contributed by atoms with Gasteiger partial charge >= 0.3 is 6.09 Å². The molecule has 136 valence electrons. The van der Waals surface area contributed by atoms with Crippen molar-refractivity contribution >= 4 is 39.3 Å². The number of hydrogen-bond acceptors (Lipinski definition) is 5. The molecule has 8 heteroatoms. The number of halogens is 1. The summed E-state index contributed by atoms with van der Waals surface area (Å²) >= 11 is 3.42. The first-order valence-corrected chi connectivity index (χ1v) is 8.80. The second-order valence-corrected chi connectivity index (χ2v) is 6.21. The third kappa shape index (κ3) is 4.26. The van der Waals surface area contributed by atoms with Crippen LogP contribution in [0.2, 0.25) is 0 Å². The molecule has 2 aromatic carbocycles. The molecule has 0 spiro atoms. The van der Waals surface area contributed by atoms with Crippen molar-refractivity contribution in [3.8, 4) is 11.5 Å². The Kier molecular flexibility index (Phi) is 5.62. The van der Waals surface area contributed by atoms with Crippen molar-refractivity contribution in [3.05, 3.63) is 46.4 Å². The van der Waals surface area contributed by atoms with Crippen LogP contribution < -0.4 is 20.1 Å². The molecule has 2 aromatic rings. The van der Waals surface area contributed by atoms with Crippen molar-refractivity contribution in [2.75, 3.05) is 30.5 Å². The summed E-state index contributed by atoms with van der Waals surface area (Å²) in [5.74, 6) is 0.935. The highest BCUT2D eigenvalue weighted by Gasteiger charge is 2.16. The van der Waals surface area contributed by atoms with Gasteiger partial charge < -0.3 is 19.5 Å². The predicted octanol–water partition coefficient (Wildman–Crippen LogP) is 4.04. The predicted molar refractivity (Wildman–Crippen MR) is 100 cm³/mol. The molecule has 0 bridgehead atoms. The molecule has 0 atom stereocenters. The minimum atomic E-state index is -0.537. The summed E-state index contributed by atoms with van der Waals surface area (Å²) in [5.41, 5.74) is 1.56. The number of hydrogen-bond donors (Lipinski definition) is 2. The lowest BCUT2D eigenvalue weighted by Gasteiger charge is -2.20. The number of fused-ring (bicyclic) bond motifs is 1. The fourth-order valence-corrected chi connectivity index (χ4v) is 2.77. The molecular weight excluding hydrogens is 404 g/mol. The molecule has 0 unspecified atom stereocenters. The summed E-state index contributed by atoms with van der Waals surface area (Å²) in [6.45, 7) is 2.98. The summed E-state index contributed by atoms with van der Waals surface area (Å²) in [7, 11) is 0. The molecule has 2 amide bonds. The molecule has 2 N–H and O–H groups in total. The van der Waals surface area contributed by atoms with Gasteiger partial charge in [-0.05, 0) is 47.1 Å². The Bertz CT molecular complexity index is 823. The maximum atomic E-state index is 12.5. The highest BCUT2D eigenvalue weighted by molar-refractivity contribution is 9.10. The van der Waals surface area contributed by atoms with E-state index in [-0.39, 0.29) is 12.5 Å². The lowest BCUT2D eigenvalue weighted by Crippen LogP contribution is -2.17. The first-order chi connectivity index (χ1) is 12.6. The summed E-state index contributed by atoms with van der Waals surface area (Å²) in [6.07, 6.45) is -0.537. The van der Waals surface area contributed by atoms with Crippen LogP contribution in [0, 0.1) is 0 Å². The van der Waals surface area contributed by atoms with Crippen molar-refractivity contribution in [1.29, 1.82) is 0 Å². The van der Waals surface area contributed by atoms with Gasteiger partial charge in [0.05, 0.1) is 12.3 Å². The number of anilines is 2. The van der Waals surface area contributed by atoms with E-state index in [1.54, 1.807) is 43.3 Å². The van der Waals surface area contributed by atoms with Crippen molar-refractivity contribution < 1.29 is 23.8 Å². The fourth-order valence-electron chi connectivity index (χ4n) is 2.34. The van der Waals surface area contributed by atoms with Gasteiger partial charge in [-0.2, -0.15) is 0 Å². The number of carbonyl (C=O) groups excluding carboxylic acids is 2. The monoisotopic (exact) mass is 420 g/mol. The number of carbonyl (C=O) groups is 2. The van der Waals surface area contributed by atoms with Crippen molar-refractivity contribution in [2.45, 2.75) is 6.92 Å². The van der Waals surface area contributed by atoms with Crippen LogP contribution in [0.15, 0.2) is 40.9 Å². The van der Waals surface area contributed by atoms with E-state index in [0.29, 0.717) is 46.1 Å². The maximum absolute atomic E-state index is 12.5. The first-order valence-electron chi connectivity index (χ1n) is 8.01. The van der Waals surface area contributed by atoms with Crippen LogP contribution >= 0.6 is 15.9 Å². The lowest BCUT2D eigenvalue weighted by molar-refractivity contribution is 0.102. The van der Waals surface area contributed by atoms with Crippen LogP contribution in [0.1, 0.15) is 17.3 Å². The summed E-state index contributed by atoms with van der Waals surface area (Å²) in [6, 6.07) is 9.96. The maximum Gasteiger partial charge on any atom is 0.411 e. The highest BCUT2D eigenvalue weighted by atomic mass is 79.9. The Balaban J connectivity index is 1.69. The fraction of sp³-hybridized carbons (Fsp3) is 0.222. The molecule has 7 nitrogen and oxygen atoms in total. The molecule has 1 aliphatic rings. The van der Waals surface area contributed by atoms with Crippen LogP contribution in [0.3, 0.4) is 0 Å². The summed E-state index contributed by atoms with van der Waals surface area (Å²) in [4.78, 5) is 23.8. The second kappa shape index (κ2) is 8.09. The Morgan fingerprint density at radius 3 is 2.38 bits per heavy atom. The molecule has 0 saturated carbocycles. The Morgan fingerprint density at radius 2 is 1.73 bits per heavy atom. The van der Waals surface area contributed by atoms with Crippen LogP contribution in [0.25, 0.3) is 0 Å². The average molecular weight is 421 g/mol. The van der Waals surface area contributed by atoms with E-state index >= 15 is 0 Å². The molecule has 0 aromatic heterocycles. The van der Waals surface area contributed by atoms with Crippen LogP contribution in [-0.2, 0) is 4.74 Å². The lowest BCUT2D eigenvalue weighted by atomic mass is 10.2. The first kappa shape index (κ1) is 18.1. The van der Waals surface area contributed by atoms with Gasteiger partial charge in [-0.15, -0.1) is 0 Å². The van der Waals surface area contributed by atoms with Gasteiger partial charge in [0.1, 0.15) is 13.2 Å². The Morgan fingerprint density at radius 1 is 1.08 bits per heavy atom. The van der Waals surface area contributed by atoms with E-state index in [1.165, 1.54) is 0 Å². The van der Waals surface area contributed by atoms with Crippen LogP contribution in [-0.4, -0.2) is 31.8 Å². The Labute approximate surface area is 158 Å². The number of rotatable bonds is 4. The van der Waals surface area contributed by atoms with E-state index < -0.39 is 6.09 Å². The van der Waals surface area contributed by atoms with Crippen molar-refractivity contribution in [3.63, 3.8) is 0 Å². The summed E-state index contributed by atoms with van der Waals surface area (Å²) < 4.78 is 16.5. The third-order valence-corrected chi connectivity index (χ3v) is 4.21. The standard InChI is InChI=1S/C18H17BrN2O5/c1-2-24-18(23)20-12-5-3-11(4-6-12)17(22)21-14-10-16-15(9-13(14)19)25-7-8-26-16/h3-6,9-10H,2,7-8H2,1H3,(H,20,23)(H,21,22). The van der Waals surface area contributed by atoms with Crippen molar-refractivity contribution in [1.82, 2.24) is 0 Å². The highest BCUT2D eigenvalue weighted by Crippen LogP contribution is 2.38. The molecule has 0 aliphatic carbocycles. The van der Waals surface area contributed by atoms with Gasteiger partial charge in [-0.3, -0.25) is 10.1 Å². The molecule has 1 heterocycles. The average Bonchev–Trinajstić information content (AvgIpc) is 2.63. The molecule has 0 radical (unpaired) electrons. The van der Waals surface area contributed by atoms with E-state index in [9.17, 15) is 9.59 Å². The quantitative estimate of drug-likeness (QED) is 0.779. The van der Waals surface area contributed by atoms with Crippen molar-refractivity contribution in [2.24, 2.45) is 0 Å². The number of ether oxygens (including phenoxy) is 3. The normalized spacial score (nSPS) is 12.2. The molecule has 0 fully saturated rings. The van der Waals surface area contributed by atoms with Gasteiger partial charge in [-0.1, -0.05) is 0 Å². The number of benzene rings is 2. The second-order valence-electron chi connectivity index (χ2n) is 5.35. The number of nitrogens with one attached hydrogen (secondary N) is 2. The molecule has 26 heavy (non-hydrogen) atoms. The summed E-state index contributed by atoms with van der Waals surface area (Å²) in [5, 5.41) is 5.39. The van der Waals surface area contributed by atoms with E-state index in [4.69, 9.17) is 14.2 Å². The topological polar surface area (TPSA) is 85.9 Å².